The van der Waals surface area contributed by atoms with E-state index in [2.05, 4.69) is 5.32 Å². The Hall–Kier alpha value is -1.76. The predicted octanol–water partition coefficient (Wildman–Crippen LogP) is 4.13. The average molecular weight is 199 g/mol. The van der Waals surface area contributed by atoms with Gasteiger partial charge in [-0.05, 0) is 38.1 Å². The van der Waals surface area contributed by atoms with Crippen molar-refractivity contribution in [1.82, 2.24) is 0 Å². The molecule has 0 fully saturated rings. The Bertz CT molecular complexity index is 358. The van der Waals surface area contributed by atoms with Gasteiger partial charge < -0.3 is 5.32 Å². The Morgan fingerprint density at radius 3 is 2.40 bits per heavy atom. The summed E-state index contributed by atoms with van der Waals surface area (Å²) < 4.78 is 0. The first kappa shape index (κ1) is 11.3. The van der Waals surface area contributed by atoms with Crippen LogP contribution in [0.2, 0.25) is 0 Å². The van der Waals surface area contributed by atoms with Crippen molar-refractivity contribution in [2.45, 2.75) is 13.8 Å². The van der Waals surface area contributed by atoms with Gasteiger partial charge in [0.25, 0.3) is 0 Å². The molecule has 1 rings (SSSR count). The number of allylic oxidation sites excluding steroid dienone is 5. The second-order valence-corrected chi connectivity index (χ2v) is 3.14. The molecular weight excluding hydrogens is 182 g/mol. The van der Waals surface area contributed by atoms with Crippen molar-refractivity contribution in [3.05, 3.63) is 66.4 Å². The lowest BCUT2D eigenvalue weighted by Crippen LogP contribution is -1.95. The summed E-state index contributed by atoms with van der Waals surface area (Å²) in [5.74, 6) is 0. The minimum Gasteiger partial charge on any atom is -0.356 e. The highest BCUT2D eigenvalue weighted by atomic mass is 14.9. The molecule has 78 valence electrons. The lowest BCUT2D eigenvalue weighted by Gasteiger charge is -2.05. The van der Waals surface area contributed by atoms with Crippen LogP contribution < -0.4 is 5.32 Å². The number of hydrogen-bond donors (Lipinski definition) is 1. The van der Waals surface area contributed by atoms with E-state index >= 15 is 0 Å². The molecule has 1 aromatic rings. The predicted molar refractivity (Wildman–Crippen MR) is 67.8 cm³/mol. The lowest BCUT2D eigenvalue weighted by molar-refractivity contribution is 1.46. The number of hydrogen-bond acceptors (Lipinski definition) is 1. The number of anilines is 1. The molecule has 0 unspecified atom stereocenters. The van der Waals surface area contributed by atoms with Gasteiger partial charge in [0.15, 0.2) is 0 Å². The zero-order valence-electron chi connectivity index (χ0n) is 9.27. The van der Waals surface area contributed by atoms with Gasteiger partial charge in [-0.3, -0.25) is 0 Å². The third kappa shape index (κ3) is 4.32. The van der Waals surface area contributed by atoms with Crippen molar-refractivity contribution in [2.75, 3.05) is 5.32 Å². The molecule has 0 atom stereocenters. The minimum absolute atomic E-state index is 1.09. The van der Waals surface area contributed by atoms with E-state index in [1.807, 2.05) is 74.6 Å². The van der Waals surface area contributed by atoms with Crippen molar-refractivity contribution in [3.8, 4) is 0 Å². The second kappa shape index (κ2) is 6.66. The van der Waals surface area contributed by atoms with Crippen LogP contribution in [0, 0.1) is 0 Å². The monoisotopic (exact) mass is 199 g/mol. The molecular formula is C14H17N. The Balaban J connectivity index is 2.76. The summed E-state index contributed by atoms with van der Waals surface area (Å²) in [6, 6.07) is 10.1. The van der Waals surface area contributed by atoms with Crippen LogP contribution in [0.25, 0.3) is 0 Å². The Labute approximate surface area is 91.8 Å². The van der Waals surface area contributed by atoms with Gasteiger partial charge in [0.05, 0.1) is 0 Å². The van der Waals surface area contributed by atoms with E-state index in [-0.39, 0.29) is 0 Å². The molecule has 1 heteroatoms. The molecule has 15 heavy (non-hydrogen) atoms. The summed E-state index contributed by atoms with van der Waals surface area (Å²) in [7, 11) is 0. The van der Waals surface area contributed by atoms with E-state index in [1.54, 1.807) is 0 Å². The summed E-state index contributed by atoms with van der Waals surface area (Å²) in [5.41, 5.74) is 2.19. The standard InChI is InChI=1S/C14H17N/c1-3-5-10-13(9-4-2)15-14-11-7-6-8-12-14/h3-12,15H,1-2H3/b5-3-,9-4-,13-10+. The van der Waals surface area contributed by atoms with Gasteiger partial charge >= 0.3 is 0 Å². The molecule has 0 heterocycles. The molecule has 0 aliphatic carbocycles. The molecule has 0 aromatic heterocycles. The zero-order valence-corrected chi connectivity index (χ0v) is 9.27. The van der Waals surface area contributed by atoms with Gasteiger partial charge in [0.2, 0.25) is 0 Å². The smallest absolute Gasteiger partial charge is 0.0384 e. The van der Waals surface area contributed by atoms with Gasteiger partial charge in [-0.1, -0.05) is 36.4 Å². The van der Waals surface area contributed by atoms with Gasteiger partial charge in [-0.25, -0.2) is 0 Å². The Morgan fingerprint density at radius 2 is 1.80 bits per heavy atom. The van der Waals surface area contributed by atoms with Crippen LogP contribution in [-0.4, -0.2) is 0 Å². The summed E-state index contributed by atoms with van der Waals surface area (Å²) in [6.45, 7) is 4.02. The zero-order chi connectivity index (χ0) is 10.9. The molecule has 0 aliphatic heterocycles. The highest BCUT2D eigenvalue weighted by Gasteiger charge is 1.91. The van der Waals surface area contributed by atoms with E-state index in [0.717, 1.165) is 11.4 Å². The van der Waals surface area contributed by atoms with Crippen LogP contribution in [0.1, 0.15) is 13.8 Å². The summed E-state index contributed by atoms with van der Waals surface area (Å²) in [5, 5.41) is 3.34. The summed E-state index contributed by atoms with van der Waals surface area (Å²) in [4.78, 5) is 0. The van der Waals surface area contributed by atoms with Crippen molar-refractivity contribution < 1.29 is 0 Å². The van der Waals surface area contributed by atoms with E-state index in [1.165, 1.54) is 0 Å². The maximum Gasteiger partial charge on any atom is 0.0384 e. The topological polar surface area (TPSA) is 12.0 Å². The first-order chi connectivity index (χ1) is 7.36. The van der Waals surface area contributed by atoms with Crippen LogP contribution in [-0.2, 0) is 0 Å². The first-order valence-electron chi connectivity index (χ1n) is 5.14. The minimum atomic E-state index is 1.09. The molecule has 0 saturated heterocycles. The number of benzene rings is 1. The second-order valence-electron chi connectivity index (χ2n) is 3.14. The molecule has 0 radical (unpaired) electrons. The molecule has 1 nitrogen and oxygen atoms in total. The largest absolute Gasteiger partial charge is 0.356 e. The highest BCUT2D eigenvalue weighted by Crippen LogP contribution is 2.09. The van der Waals surface area contributed by atoms with Crippen LogP contribution >= 0.6 is 0 Å². The lowest BCUT2D eigenvalue weighted by atomic mass is 10.3. The molecule has 0 saturated carbocycles. The van der Waals surface area contributed by atoms with Gasteiger partial charge in [-0.15, -0.1) is 0 Å². The molecule has 1 N–H and O–H groups in total. The first-order valence-corrected chi connectivity index (χ1v) is 5.14. The van der Waals surface area contributed by atoms with E-state index in [0.29, 0.717) is 0 Å². The van der Waals surface area contributed by atoms with Crippen LogP contribution in [0.3, 0.4) is 0 Å². The fourth-order valence-corrected chi connectivity index (χ4v) is 1.21. The Kier molecular flexibility index (Phi) is 5.02. The fourth-order valence-electron chi connectivity index (χ4n) is 1.21. The number of nitrogens with one attached hydrogen (secondary N) is 1. The fraction of sp³-hybridized carbons (Fsp3) is 0.143. The molecule has 0 bridgehead atoms. The number of para-hydroxylation sites is 1. The third-order valence-corrected chi connectivity index (χ3v) is 1.88. The average Bonchev–Trinajstić information content (AvgIpc) is 2.28. The van der Waals surface area contributed by atoms with Crippen molar-refractivity contribution in [2.24, 2.45) is 0 Å². The van der Waals surface area contributed by atoms with E-state index in [9.17, 15) is 0 Å². The van der Waals surface area contributed by atoms with Crippen LogP contribution in [0.5, 0.6) is 0 Å². The molecule has 0 aliphatic rings. The maximum absolute atomic E-state index is 3.34. The highest BCUT2D eigenvalue weighted by molar-refractivity contribution is 5.51. The summed E-state index contributed by atoms with van der Waals surface area (Å²) in [6.07, 6.45) is 10.1. The van der Waals surface area contributed by atoms with E-state index in [4.69, 9.17) is 0 Å². The summed E-state index contributed by atoms with van der Waals surface area (Å²) >= 11 is 0. The van der Waals surface area contributed by atoms with Crippen molar-refractivity contribution in [3.63, 3.8) is 0 Å². The van der Waals surface area contributed by atoms with Gasteiger partial charge in [-0.2, -0.15) is 0 Å². The molecule has 1 aromatic carbocycles. The third-order valence-electron chi connectivity index (χ3n) is 1.88. The molecule has 0 amide bonds. The van der Waals surface area contributed by atoms with Gasteiger partial charge in [0.1, 0.15) is 0 Å². The SMILES string of the molecule is C\C=C/C=C(\C=C/C)Nc1ccccc1. The normalized spacial score (nSPS) is 12.5. The number of rotatable bonds is 4. The Morgan fingerprint density at radius 1 is 1.07 bits per heavy atom. The van der Waals surface area contributed by atoms with Crippen LogP contribution in [0.4, 0.5) is 5.69 Å². The van der Waals surface area contributed by atoms with Gasteiger partial charge in [0, 0.05) is 11.4 Å². The van der Waals surface area contributed by atoms with Crippen molar-refractivity contribution in [1.29, 1.82) is 0 Å². The van der Waals surface area contributed by atoms with E-state index < -0.39 is 0 Å². The molecule has 0 spiro atoms. The van der Waals surface area contributed by atoms with Crippen LogP contribution in [0.15, 0.2) is 66.4 Å². The maximum atomic E-state index is 3.34. The van der Waals surface area contributed by atoms with Crippen molar-refractivity contribution >= 4 is 5.69 Å². The quantitative estimate of drug-likeness (QED) is 0.719.